The summed E-state index contributed by atoms with van der Waals surface area (Å²) in [6.07, 6.45) is 6.76. The number of amides is 1. The second kappa shape index (κ2) is 7.61. The quantitative estimate of drug-likeness (QED) is 0.425. The molecule has 0 radical (unpaired) electrons. The Morgan fingerprint density at radius 3 is 2.67 bits per heavy atom. The van der Waals surface area contributed by atoms with Crippen LogP contribution in [-0.2, 0) is 6.54 Å². The lowest BCUT2D eigenvalue weighted by atomic mass is 10.1. The second-order valence-electron chi connectivity index (χ2n) is 6.93. The number of rotatable bonds is 4. The number of carbonyl (C=O) groups is 1. The van der Waals surface area contributed by atoms with Gasteiger partial charge in [0.1, 0.15) is 0 Å². The summed E-state index contributed by atoms with van der Waals surface area (Å²) in [6, 6.07) is 15.3. The number of thiazole rings is 1. The van der Waals surface area contributed by atoms with Gasteiger partial charge >= 0.3 is 0 Å². The second-order valence-corrected chi connectivity index (χ2v) is 7.94. The first-order valence-corrected chi connectivity index (χ1v) is 10.3. The molecule has 0 N–H and O–H groups in total. The maximum absolute atomic E-state index is 13.6. The molecule has 5 aromatic rings. The molecule has 2 aromatic carbocycles. The zero-order valence-corrected chi connectivity index (χ0v) is 17.0. The molecule has 0 aliphatic carbocycles. The van der Waals surface area contributed by atoms with Crippen LogP contribution in [0.2, 0.25) is 0 Å². The van der Waals surface area contributed by atoms with Gasteiger partial charge in [-0.15, -0.1) is 0 Å². The molecular formula is C23H17N5OS. The first-order chi connectivity index (χ1) is 14.7. The summed E-state index contributed by atoms with van der Waals surface area (Å²) >= 11 is 1.51. The van der Waals surface area contributed by atoms with Gasteiger partial charge in [-0.3, -0.25) is 24.6 Å². The van der Waals surface area contributed by atoms with Crippen LogP contribution in [0.1, 0.15) is 21.5 Å². The lowest BCUT2D eigenvalue weighted by Crippen LogP contribution is -2.30. The van der Waals surface area contributed by atoms with Crippen LogP contribution < -0.4 is 4.90 Å². The third kappa shape index (κ3) is 3.40. The minimum absolute atomic E-state index is 0.136. The summed E-state index contributed by atoms with van der Waals surface area (Å²) in [6.45, 7) is 2.41. The Morgan fingerprint density at radius 2 is 1.87 bits per heavy atom. The van der Waals surface area contributed by atoms with E-state index in [4.69, 9.17) is 4.98 Å². The van der Waals surface area contributed by atoms with E-state index < -0.39 is 0 Å². The normalized spacial score (nSPS) is 11.1. The minimum atomic E-state index is -0.136. The first kappa shape index (κ1) is 18.3. The predicted octanol–water partition coefficient (Wildman–Crippen LogP) is 4.79. The minimum Gasteiger partial charge on any atom is -0.279 e. The topological polar surface area (TPSA) is 71.9 Å². The molecule has 146 valence electrons. The number of hydrogen-bond donors (Lipinski definition) is 0. The van der Waals surface area contributed by atoms with Crippen LogP contribution in [0.25, 0.3) is 21.3 Å². The molecule has 0 spiro atoms. The number of fused-ring (bicyclic) bond motifs is 2. The molecule has 0 aliphatic rings. The van der Waals surface area contributed by atoms with E-state index in [2.05, 4.69) is 15.0 Å². The maximum atomic E-state index is 13.6. The van der Waals surface area contributed by atoms with Crippen LogP contribution in [0.5, 0.6) is 0 Å². The monoisotopic (exact) mass is 411 g/mol. The van der Waals surface area contributed by atoms with Gasteiger partial charge < -0.3 is 0 Å². The number of pyridine rings is 1. The van der Waals surface area contributed by atoms with Crippen molar-refractivity contribution >= 4 is 43.6 Å². The van der Waals surface area contributed by atoms with Crippen molar-refractivity contribution in [1.82, 2.24) is 19.9 Å². The highest BCUT2D eigenvalue weighted by atomic mass is 32.1. The zero-order valence-electron chi connectivity index (χ0n) is 16.2. The third-order valence-corrected chi connectivity index (χ3v) is 5.91. The Bertz CT molecular complexity index is 1370. The van der Waals surface area contributed by atoms with E-state index in [0.29, 0.717) is 22.8 Å². The lowest BCUT2D eigenvalue weighted by Gasteiger charge is -2.20. The molecule has 0 unspecified atom stereocenters. The summed E-state index contributed by atoms with van der Waals surface area (Å²) in [4.78, 5) is 32.9. The number of aromatic nitrogens is 4. The number of aryl methyl sites for hydroxylation is 1. The van der Waals surface area contributed by atoms with Gasteiger partial charge in [0.2, 0.25) is 0 Å². The Morgan fingerprint density at radius 1 is 1.00 bits per heavy atom. The van der Waals surface area contributed by atoms with Crippen LogP contribution in [-0.4, -0.2) is 25.8 Å². The van der Waals surface area contributed by atoms with E-state index in [9.17, 15) is 4.79 Å². The molecule has 6 nitrogen and oxygen atoms in total. The van der Waals surface area contributed by atoms with Crippen LogP contribution in [0.3, 0.4) is 0 Å². The van der Waals surface area contributed by atoms with Crippen molar-refractivity contribution in [2.45, 2.75) is 13.5 Å². The average molecular weight is 411 g/mol. The SMILES string of the molecule is Cc1cccc2sc(N(Cc3cccnc3)C(=O)c3ccc4nccnc4c3)nc12. The van der Waals surface area contributed by atoms with Gasteiger partial charge in [-0.1, -0.05) is 29.5 Å². The molecule has 0 saturated heterocycles. The molecule has 5 rings (SSSR count). The molecule has 30 heavy (non-hydrogen) atoms. The number of hydrogen-bond acceptors (Lipinski definition) is 6. The van der Waals surface area contributed by atoms with E-state index in [1.54, 1.807) is 41.8 Å². The fourth-order valence-electron chi connectivity index (χ4n) is 3.34. The fraction of sp³-hybridized carbons (Fsp3) is 0.0870. The van der Waals surface area contributed by atoms with Crippen molar-refractivity contribution in [2.24, 2.45) is 0 Å². The number of carbonyl (C=O) groups excluding carboxylic acids is 1. The van der Waals surface area contributed by atoms with Crippen molar-refractivity contribution in [2.75, 3.05) is 4.90 Å². The molecule has 0 bridgehead atoms. The highest BCUT2D eigenvalue weighted by Crippen LogP contribution is 2.32. The van der Waals surface area contributed by atoms with Gasteiger partial charge in [0, 0.05) is 30.4 Å². The van der Waals surface area contributed by atoms with Gasteiger partial charge in [0.25, 0.3) is 5.91 Å². The maximum Gasteiger partial charge on any atom is 0.260 e. The molecule has 0 saturated carbocycles. The zero-order chi connectivity index (χ0) is 20.5. The number of nitrogens with zero attached hydrogens (tertiary/aromatic N) is 5. The van der Waals surface area contributed by atoms with Crippen molar-refractivity contribution in [3.63, 3.8) is 0 Å². The third-order valence-electron chi connectivity index (χ3n) is 4.87. The molecule has 3 heterocycles. The fourth-order valence-corrected chi connectivity index (χ4v) is 4.38. The Labute approximate surface area is 176 Å². The molecular weight excluding hydrogens is 394 g/mol. The van der Waals surface area contributed by atoms with Crippen molar-refractivity contribution in [1.29, 1.82) is 0 Å². The highest BCUT2D eigenvalue weighted by Gasteiger charge is 2.22. The van der Waals surface area contributed by atoms with Crippen LogP contribution >= 0.6 is 11.3 Å². The van der Waals surface area contributed by atoms with E-state index in [-0.39, 0.29) is 5.91 Å². The molecule has 0 atom stereocenters. The van der Waals surface area contributed by atoms with Crippen molar-refractivity contribution in [3.8, 4) is 0 Å². The van der Waals surface area contributed by atoms with Crippen LogP contribution in [0.4, 0.5) is 5.13 Å². The summed E-state index contributed by atoms with van der Waals surface area (Å²) in [7, 11) is 0. The smallest absolute Gasteiger partial charge is 0.260 e. The van der Waals surface area contributed by atoms with E-state index in [1.165, 1.54) is 11.3 Å². The van der Waals surface area contributed by atoms with Gasteiger partial charge in [0.15, 0.2) is 5.13 Å². The van der Waals surface area contributed by atoms with E-state index >= 15 is 0 Å². The standard InChI is InChI=1S/C23H17N5OS/c1-15-4-2-6-20-21(15)27-23(30-20)28(14-16-5-3-9-24-13-16)22(29)17-7-8-18-19(12-17)26-11-10-25-18/h2-13H,14H2,1H3. The molecule has 1 amide bonds. The van der Waals surface area contributed by atoms with Gasteiger partial charge in [-0.2, -0.15) is 0 Å². The van der Waals surface area contributed by atoms with Crippen LogP contribution in [0.15, 0.2) is 73.3 Å². The Kier molecular flexibility index (Phi) is 4.65. The van der Waals surface area contributed by atoms with Crippen molar-refractivity contribution in [3.05, 3.63) is 90.0 Å². The summed E-state index contributed by atoms with van der Waals surface area (Å²) in [5, 5.41) is 0.660. The molecule has 3 aromatic heterocycles. The first-order valence-electron chi connectivity index (χ1n) is 9.47. The molecule has 0 fully saturated rings. The van der Waals surface area contributed by atoms with Gasteiger partial charge in [-0.05, 0) is 48.4 Å². The predicted molar refractivity (Wildman–Crippen MR) is 119 cm³/mol. The number of anilines is 1. The Balaban J connectivity index is 1.60. The summed E-state index contributed by atoms with van der Waals surface area (Å²) in [5.74, 6) is -0.136. The summed E-state index contributed by atoms with van der Waals surface area (Å²) < 4.78 is 1.05. The van der Waals surface area contributed by atoms with Crippen LogP contribution in [0, 0.1) is 6.92 Å². The average Bonchev–Trinajstić information content (AvgIpc) is 3.23. The van der Waals surface area contributed by atoms with Gasteiger partial charge in [0.05, 0.1) is 27.8 Å². The lowest BCUT2D eigenvalue weighted by molar-refractivity contribution is 0.0985. The molecule has 7 heteroatoms. The number of para-hydroxylation sites is 1. The largest absolute Gasteiger partial charge is 0.279 e. The van der Waals surface area contributed by atoms with E-state index in [1.807, 2.05) is 43.3 Å². The van der Waals surface area contributed by atoms with E-state index in [0.717, 1.165) is 26.9 Å². The molecule has 0 aliphatic heterocycles. The number of benzene rings is 2. The van der Waals surface area contributed by atoms with Crippen molar-refractivity contribution < 1.29 is 4.79 Å². The Hall–Kier alpha value is -3.71. The summed E-state index contributed by atoms with van der Waals surface area (Å²) in [5.41, 5.74) is 4.93. The van der Waals surface area contributed by atoms with Gasteiger partial charge in [-0.25, -0.2) is 4.98 Å². The highest BCUT2D eigenvalue weighted by molar-refractivity contribution is 7.22.